The second-order valence-electron chi connectivity index (χ2n) is 8.30. The lowest BCUT2D eigenvalue weighted by molar-refractivity contribution is -0.264. The van der Waals surface area contributed by atoms with Crippen LogP contribution < -0.4 is 4.74 Å². The first kappa shape index (κ1) is 22.7. The highest BCUT2D eigenvalue weighted by molar-refractivity contribution is 7.85. The quantitative estimate of drug-likeness (QED) is 0.693. The van der Waals surface area contributed by atoms with Gasteiger partial charge in [-0.15, -0.1) is 0 Å². The summed E-state index contributed by atoms with van der Waals surface area (Å²) in [6.45, 7) is 11.0. The topological polar surface area (TPSA) is 95.0 Å². The zero-order chi connectivity index (χ0) is 22.1. The standard InChI is InChI=1S/C22H29NO6S/c1-14-6-7-20(30(24,25)26)18(8-14)9-19-16(3)21(15(2)10-23-19)27-11-17-12-28-22(4,5)29-13-17/h6-8,10,17H,9,11-13H2,1-5H3,(H,24,25,26). The Hall–Kier alpha value is -2.00. The van der Waals surface area contributed by atoms with Gasteiger partial charge in [-0.25, -0.2) is 0 Å². The van der Waals surface area contributed by atoms with E-state index in [1.165, 1.54) is 6.07 Å². The number of pyridine rings is 1. The molecule has 2 heterocycles. The zero-order valence-electron chi connectivity index (χ0n) is 18.1. The second-order valence-corrected chi connectivity index (χ2v) is 9.69. The smallest absolute Gasteiger partial charge is 0.294 e. The second kappa shape index (κ2) is 8.63. The van der Waals surface area contributed by atoms with Gasteiger partial charge in [0.1, 0.15) is 5.75 Å². The molecule has 7 nitrogen and oxygen atoms in total. The maximum Gasteiger partial charge on any atom is 0.294 e. The first-order valence-corrected chi connectivity index (χ1v) is 11.3. The van der Waals surface area contributed by atoms with Crippen molar-refractivity contribution in [2.75, 3.05) is 19.8 Å². The van der Waals surface area contributed by atoms with E-state index in [2.05, 4.69) is 4.98 Å². The van der Waals surface area contributed by atoms with Crippen molar-refractivity contribution >= 4 is 10.1 Å². The average molecular weight is 436 g/mol. The fraction of sp³-hybridized carbons (Fsp3) is 0.500. The molecule has 8 heteroatoms. The summed E-state index contributed by atoms with van der Waals surface area (Å²) in [5.41, 5.74) is 3.84. The van der Waals surface area contributed by atoms with Crippen LogP contribution in [0.3, 0.4) is 0 Å². The molecule has 0 saturated carbocycles. The minimum Gasteiger partial charge on any atom is -0.492 e. The Labute approximate surface area is 178 Å². The van der Waals surface area contributed by atoms with E-state index < -0.39 is 15.9 Å². The fourth-order valence-electron chi connectivity index (χ4n) is 3.46. The molecule has 164 valence electrons. The summed E-state index contributed by atoms with van der Waals surface area (Å²) in [7, 11) is -4.32. The number of aryl methyl sites for hydroxylation is 2. The lowest BCUT2D eigenvalue weighted by Crippen LogP contribution is -2.41. The van der Waals surface area contributed by atoms with E-state index in [0.717, 1.165) is 22.4 Å². The van der Waals surface area contributed by atoms with E-state index in [1.54, 1.807) is 18.3 Å². The number of aromatic nitrogens is 1. The Morgan fingerprint density at radius 2 is 1.87 bits per heavy atom. The van der Waals surface area contributed by atoms with Crippen LogP contribution in [0.25, 0.3) is 0 Å². The van der Waals surface area contributed by atoms with E-state index in [0.29, 0.717) is 31.1 Å². The van der Waals surface area contributed by atoms with Crippen LogP contribution in [0.15, 0.2) is 29.3 Å². The van der Waals surface area contributed by atoms with Gasteiger partial charge in [-0.05, 0) is 46.2 Å². The Morgan fingerprint density at radius 1 is 1.20 bits per heavy atom. The zero-order valence-corrected chi connectivity index (χ0v) is 18.9. The van der Waals surface area contributed by atoms with Gasteiger partial charge in [0.25, 0.3) is 10.1 Å². The first-order chi connectivity index (χ1) is 14.0. The van der Waals surface area contributed by atoms with Gasteiger partial charge in [0, 0.05) is 29.7 Å². The monoisotopic (exact) mass is 435 g/mol. The maximum absolute atomic E-state index is 11.8. The molecule has 0 amide bonds. The summed E-state index contributed by atoms with van der Waals surface area (Å²) in [5.74, 6) is 0.285. The number of rotatable bonds is 6. The molecule has 3 rings (SSSR count). The molecule has 1 N–H and O–H groups in total. The maximum atomic E-state index is 11.8. The van der Waals surface area contributed by atoms with Crippen LogP contribution in [0.4, 0.5) is 0 Å². The third-order valence-electron chi connectivity index (χ3n) is 5.19. The predicted molar refractivity (Wildman–Crippen MR) is 112 cm³/mol. The predicted octanol–water partition coefficient (Wildman–Crippen LogP) is 3.62. The van der Waals surface area contributed by atoms with E-state index in [4.69, 9.17) is 14.2 Å². The molecule has 2 aromatic rings. The summed E-state index contributed by atoms with van der Waals surface area (Å²) in [4.78, 5) is 4.39. The van der Waals surface area contributed by atoms with E-state index in [9.17, 15) is 13.0 Å². The van der Waals surface area contributed by atoms with Crippen LogP contribution in [0.5, 0.6) is 5.75 Å². The third kappa shape index (κ3) is 5.37. The fourth-order valence-corrected chi connectivity index (χ4v) is 4.16. The summed E-state index contributed by atoms with van der Waals surface area (Å²) in [6.07, 6.45) is 1.99. The van der Waals surface area contributed by atoms with Crippen molar-refractivity contribution in [1.29, 1.82) is 0 Å². The minimum atomic E-state index is -4.32. The van der Waals surface area contributed by atoms with Crippen molar-refractivity contribution in [3.63, 3.8) is 0 Å². The van der Waals surface area contributed by atoms with Crippen molar-refractivity contribution in [1.82, 2.24) is 4.98 Å². The Balaban J connectivity index is 1.81. The molecule has 30 heavy (non-hydrogen) atoms. The lowest BCUT2D eigenvalue weighted by Gasteiger charge is -2.34. The lowest BCUT2D eigenvalue weighted by atomic mass is 10.0. The van der Waals surface area contributed by atoms with Crippen molar-refractivity contribution in [2.45, 2.75) is 51.7 Å². The van der Waals surface area contributed by atoms with E-state index >= 15 is 0 Å². The highest BCUT2D eigenvalue weighted by atomic mass is 32.2. The van der Waals surface area contributed by atoms with Gasteiger partial charge >= 0.3 is 0 Å². The minimum absolute atomic E-state index is 0.100. The van der Waals surface area contributed by atoms with Crippen LogP contribution in [0, 0.1) is 26.7 Å². The summed E-state index contributed by atoms with van der Waals surface area (Å²) in [6, 6.07) is 4.83. The molecule has 0 radical (unpaired) electrons. The largest absolute Gasteiger partial charge is 0.492 e. The SMILES string of the molecule is Cc1ccc(S(=O)(=O)O)c(Cc2ncc(C)c(OCC3COC(C)(C)OC3)c2C)c1. The molecular formula is C22H29NO6S. The average Bonchev–Trinajstić information content (AvgIpc) is 2.64. The van der Waals surface area contributed by atoms with Gasteiger partial charge in [0.2, 0.25) is 0 Å². The molecule has 1 aliphatic rings. The Morgan fingerprint density at radius 3 is 2.50 bits per heavy atom. The molecule has 1 saturated heterocycles. The van der Waals surface area contributed by atoms with Gasteiger partial charge in [-0.2, -0.15) is 8.42 Å². The van der Waals surface area contributed by atoms with Gasteiger partial charge in [0.05, 0.1) is 30.4 Å². The van der Waals surface area contributed by atoms with Crippen LogP contribution in [-0.4, -0.2) is 43.6 Å². The Bertz CT molecular complexity index is 1020. The van der Waals surface area contributed by atoms with E-state index in [1.807, 2.05) is 34.6 Å². The summed E-state index contributed by atoms with van der Waals surface area (Å²) in [5, 5.41) is 0. The van der Waals surface area contributed by atoms with Crippen molar-refractivity contribution in [3.8, 4) is 5.75 Å². The molecule has 0 aliphatic carbocycles. The summed E-state index contributed by atoms with van der Waals surface area (Å²) >= 11 is 0. The van der Waals surface area contributed by atoms with Crippen LogP contribution >= 0.6 is 0 Å². The number of hydrogen-bond donors (Lipinski definition) is 1. The molecule has 0 unspecified atom stereocenters. The number of nitrogens with zero attached hydrogens (tertiary/aromatic N) is 1. The van der Waals surface area contributed by atoms with Crippen molar-refractivity contribution in [3.05, 3.63) is 52.3 Å². The molecule has 0 bridgehead atoms. The highest BCUT2D eigenvalue weighted by Gasteiger charge is 2.29. The molecule has 1 aliphatic heterocycles. The number of benzene rings is 1. The molecule has 0 spiro atoms. The van der Waals surface area contributed by atoms with Crippen LogP contribution in [-0.2, 0) is 26.0 Å². The van der Waals surface area contributed by atoms with Gasteiger partial charge in [-0.3, -0.25) is 9.54 Å². The normalized spacial score (nSPS) is 17.1. The van der Waals surface area contributed by atoms with Crippen molar-refractivity contribution in [2.24, 2.45) is 5.92 Å². The van der Waals surface area contributed by atoms with Crippen LogP contribution in [0.2, 0.25) is 0 Å². The Kier molecular flexibility index (Phi) is 6.52. The molecule has 1 fully saturated rings. The number of hydrogen-bond acceptors (Lipinski definition) is 6. The van der Waals surface area contributed by atoms with Gasteiger partial charge in [0.15, 0.2) is 5.79 Å². The van der Waals surface area contributed by atoms with Gasteiger partial charge in [-0.1, -0.05) is 17.7 Å². The third-order valence-corrected chi connectivity index (χ3v) is 6.15. The highest BCUT2D eigenvalue weighted by Crippen LogP contribution is 2.29. The molecule has 1 aromatic heterocycles. The molecule has 1 aromatic carbocycles. The first-order valence-electron chi connectivity index (χ1n) is 9.89. The van der Waals surface area contributed by atoms with E-state index in [-0.39, 0.29) is 17.2 Å². The summed E-state index contributed by atoms with van der Waals surface area (Å²) < 4.78 is 50.6. The van der Waals surface area contributed by atoms with Crippen LogP contribution in [0.1, 0.15) is 41.8 Å². The van der Waals surface area contributed by atoms with Gasteiger partial charge < -0.3 is 14.2 Å². The molecule has 0 atom stereocenters. The molecular weight excluding hydrogens is 406 g/mol. The number of ether oxygens (including phenoxy) is 3. The van der Waals surface area contributed by atoms with Crippen molar-refractivity contribution < 1.29 is 27.2 Å².